The Kier molecular flexibility index (Phi) is 6.65. The second kappa shape index (κ2) is 9.77. The summed E-state index contributed by atoms with van der Waals surface area (Å²) in [4.78, 5) is 45.0. The maximum absolute atomic E-state index is 14.9. The number of carbonyl (C=O) groups is 3. The van der Waals surface area contributed by atoms with E-state index in [1.165, 1.54) is 17.0 Å². The molecule has 5 rings (SSSR count). The summed E-state index contributed by atoms with van der Waals surface area (Å²) in [5, 5.41) is 19.4. The predicted molar refractivity (Wildman–Crippen MR) is 133 cm³/mol. The minimum absolute atomic E-state index is 0.0670. The molecule has 3 amide bonds. The second-order valence-corrected chi connectivity index (χ2v) is 10.4. The number of benzene rings is 2. The van der Waals surface area contributed by atoms with Crippen molar-refractivity contribution in [1.29, 1.82) is 5.26 Å². The SMILES string of the molecule is N#Cc1ccc(N2CC(=O)N(Cc3ccc(Cl)cc3)[C@]3(C[C@@H](C(=O)N4CCC(O)CC4)C3)C2=O)c(F)c1. The highest BCUT2D eigenvalue weighted by atomic mass is 35.5. The number of aliphatic hydroxyl groups is 1. The van der Waals surface area contributed by atoms with Gasteiger partial charge in [0.25, 0.3) is 5.91 Å². The largest absolute Gasteiger partial charge is 0.393 e. The van der Waals surface area contributed by atoms with E-state index in [1.807, 2.05) is 6.07 Å². The average Bonchev–Trinajstić information content (AvgIpc) is 2.86. The van der Waals surface area contributed by atoms with Gasteiger partial charge >= 0.3 is 0 Å². The number of piperidine rings is 1. The van der Waals surface area contributed by atoms with Crippen molar-refractivity contribution >= 4 is 35.0 Å². The highest BCUT2D eigenvalue weighted by Gasteiger charge is 2.62. The number of hydrogen-bond acceptors (Lipinski definition) is 5. The summed E-state index contributed by atoms with van der Waals surface area (Å²) in [6, 6.07) is 12.6. The molecule has 3 aliphatic rings. The third-order valence-electron chi connectivity index (χ3n) is 7.67. The maximum Gasteiger partial charge on any atom is 0.253 e. The van der Waals surface area contributed by atoms with Gasteiger partial charge in [0.2, 0.25) is 11.8 Å². The second-order valence-electron chi connectivity index (χ2n) is 9.97. The van der Waals surface area contributed by atoms with E-state index >= 15 is 0 Å². The number of halogens is 2. The van der Waals surface area contributed by atoms with Gasteiger partial charge in [0.1, 0.15) is 17.9 Å². The number of likely N-dealkylation sites (tertiary alicyclic amines) is 1. The molecule has 0 aromatic heterocycles. The van der Waals surface area contributed by atoms with Crippen molar-refractivity contribution in [3.8, 4) is 6.07 Å². The van der Waals surface area contributed by atoms with Gasteiger partial charge in [-0.05, 0) is 61.6 Å². The number of nitriles is 1. The van der Waals surface area contributed by atoms with E-state index < -0.39 is 29.3 Å². The zero-order chi connectivity index (χ0) is 26.3. The Morgan fingerprint density at radius 3 is 2.43 bits per heavy atom. The Labute approximate surface area is 218 Å². The Hall–Kier alpha value is -3.48. The van der Waals surface area contributed by atoms with Crippen LogP contribution in [0.5, 0.6) is 0 Å². The molecule has 192 valence electrons. The van der Waals surface area contributed by atoms with Crippen molar-refractivity contribution < 1.29 is 23.9 Å². The van der Waals surface area contributed by atoms with E-state index in [1.54, 1.807) is 29.2 Å². The van der Waals surface area contributed by atoms with Crippen LogP contribution in [0.1, 0.15) is 36.8 Å². The van der Waals surface area contributed by atoms with Gasteiger partial charge in [-0.2, -0.15) is 5.26 Å². The van der Waals surface area contributed by atoms with Crippen molar-refractivity contribution in [2.24, 2.45) is 5.92 Å². The highest BCUT2D eigenvalue weighted by Crippen LogP contribution is 2.48. The molecule has 0 atom stereocenters. The standard InChI is InChI=1S/C27H26ClFN4O4/c28-20-4-1-17(2-5-20)15-33-24(35)16-32(23-6-3-18(14-30)11-22(23)29)26(37)27(33)12-19(13-27)25(36)31-9-7-21(34)8-10-31/h1-6,11,19,21,34H,7-10,12-13,15-16H2/t19-,27+. The van der Waals surface area contributed by atoms with Crippen molar-refractivity contribution in [3.63, 3.8) is 0 Å². The van der Waals surface area contributed by atoms with Gasteiger partial charge in [0, 0.05) is 30.6 Å². The van der Waals surface area contributed by atoms with Crippen LogP contribution >= 0.6 is 11.6 Å². The van der Waals surface area contributed by atoms with E-state index in [0.29, 0.717) is 31.0 Å². The van der Waals surface area contributed by atoms with Crippen LogP contribution in [0.25, 0.3) is 0 Å². The number of carbonyl (C=O) groups excluding carboxylic acids is 3. The topological polar surface area (TPSA) is 105 Å². The van der Waals surface area contributed by atoms with Gasteiger partial charge in [0.15, 0.2) is 0 Å². The molecule has 2 aromatic rings. The van der Waals surface area contributed by atoms with Crippen LogP contribution in [0.2, 0.25) is 5.02 Å². The first kappa shape index (κ1) is 25.2. The molecule has 37 heavy (non-hydrogen) atoms. The summed E-state index contributed by atoms with van der Waals surface area (Å²) < 4.78 is 14.9. The van der Waals surface area contributed by atoms with Crippen LogP contribution in [-0.2, 0) is 20.9 Å². The minimum Gasteiger partial charge on any atom is -0.393 e. The zero-order valence-electron chi connectivity index (χ0n) is 20.1. The fourth-order valence-electron chi connectivity index (χ4n) is 5.57. The molecule has 2 heterocycles. The molecule has 1 aliphatic carbocycles. The molecule has 1 saturated carbocycles. The maximum atomic E-state index is 14.9. The molecule has 2 aromatic carbocycles. The van der Waals surface area contributed by atoms with Crippen LogP contribution in [-0.4, -0.2) is 63.9 Å². The highest BCUT2D eigenvalue weighted by molar-refractivity contribution is 6.30. The van der Waals surface area contributed by atoms with E-state index in [9.17, 15) is 23.9 Å². The van der Waals surface area contributed by atoms with Crippen LogP contribution in [0.4, 0.5) is 10.1 Å². The molecule has 8 nitrogen and oxygen atoms in total. The Balaban J connectivity index is 1.44. The van der Waals surface area contributed by atoms with Crippen LogP contribution in [0.3, 0.4) is 0 Å². The molecule has 0 radical (unpaired) electrons. The summed E-state index contributed by atoms with van der Waals surface area (Å²) in [6.45, 7) is 0.711. The summed E-state index contributed by atoms with van der Waals surface area (Å²) in [5.41, 5.74) is -0.465. The van der Waals surface area contributed by atoms with Gasteiger partial charge < -0.3 is 14.9 Å². The van der Waals surface area contributed by atoms with Crippen molar-refractivity contribution in [1.82, 2.24) is 9.80 Å². The van der Waals surface area contributed by atoms with Crippen LogP contribution in [0, 0.1) is 23.1 Å². The number of rotatable bonds is 4. The fraction of sp³-hybridized carbons (Fsp3) is 0.407. The van der Waals surface area contributed by atoms with Crippen molar-refractivity contribution in [2.45, 2.75) is 43.9 Å². The first-order valence-corrected chi connectivity index (χ1v) is 12.6. The normalized spacial score (nSPS) is 24.3. The third kappa shape index (κ3) is 4.56. The lowest BCUT2D eigenvalue weighted by molar-refractivity contribution is -0.168. The smallest absolute Gasteiger partial charge is 0.253 e. The molecule has 1 spiro atoms. The van der Waals surface area contributed by atoms with Crippen molar-refractivity contribution in [3.05, 3.63) is 64.4 Å². The minimum atomic E-state index is -1.29. The summed E-state index contributed by atoms with van der Waals surface area (Å²) in [6.07, 6.45) is 0.875. The average molecular weight is 525 g/mol. The van der Waals surface area contributed by atoms with E-state index in [2.05, 4.69) is 0 Å². The van der Waals surface area contributed by atoms with Gasteiger partial charge in [-0.25, -0.2) is 4.39 Å². The molecule has 2 saturated heterocycles. The van der Waals surface area contributed by atoms with Gasteiger partial charge in [-0.3, -0.25) is 19.3 Å². The third-order valence-corrected chi connectivity index (χ3v) is 7.92. The number of amides is 3. The molecule has 3 fully saturated rings. The molecule has 0 unspecified atom stereocenters. The van der Waals surface area contributed by atoms with Gasteiger partial charge in [-0.15, -0.1) is 0 Å². The van der Waals surface area contributed by atoms with Gasteiger partial charge in [-0.1, -0.05) is 23.7 Å². The Morgan fingerprint density at radius 2 is 1.81 bits per heavy atom. The van der Waals surface area contributed by atoms with E-state index in [4.69, 9.17) is 16.9 Å². The Bertz CT molecular complexity index is 1280. The molecule has 2 aliphatic heterocycles. The lowest BCUT2D eigenvalue weighted by atomic mass is 9.64. The lowest BCUT2D eigenvalue weighted by Crippen LogP contribution is -2.74. The predicted octanol–water partition coefficient (Wildman–Crippen LogP) is 2.86. The number of hydrogen-bond donors (Lipinski definition) is 1. The quantitative estimate of drug-likeness (QED) is 0.662. The lowest BCUT2D eigenvalue weighted by Gasteiger charge is -2.57. The number of anilines is 1. The van der Waals surface area contributed by atoms with Crippen molar-refractivity contribution in [2.75, 3.05) is 24.5 Å². The molecule has 10 heteroatoms. The first-order chi connectivity index (χ1) is 17.7. The Morgan fingerprint density at radius 1 is 1.14 bits per heavy atom. The number of nitrogens with zero attached hydrogens (tertiary/aromatic N) is 4. The molecular weight excluding hydrogens is 499 g/mol. The van der Waals surface area contributed by atoms with Gasteiger partial charge in [0.05, 0.1) is 23.4 Å². The summed E-state index contributed by atoms with van der Waals surface area (Å²) >= 11 is 6.01. The van der Waals surface area contributed by atoms with E-state index in [0.717, 1.165) is 16.5 Å². The monoisotopic (exact) mass is 524 g/mol. The molecular formula is C27H26ClFN4O4. The number of aliphatic hydroxyl groups excluding tert-OH is 1. The molecule has 1 N–H and O–H groups in total. The molecule has 0 bridgehead atoms. The van der Waals surface area contributed by atoms with Crippen LogP contribution in [0.15, 0.2) is 42.5 Å². The summed E-state index contributed by atoms with van der Waals surface area (Å²) in [7, 11) is 0. The van der Waals surface area contributed by atoms with Crippen LogP contribution < -0.4 is 4.90 Å². The zero-order valence-corrected chi connectivity index (χ0v) is 20.8. The van der Waals surface area contributed by atoms with E-state index in [-0.39, 0.29) is 49.0 Å². The first-order valence-electron chi connectivity index (χ1n) is 12.3. The summed E-state index contributed by atoms with van der Waals surface area (Å²) in [5.74, 6) is -2.11. The fourth-order valence-corrected chi connectivity index (χ4v) is 5.70. The number of piperazine rings is 1.